The van der Waals surface area contributed by atoms with Crippen LogP contribution in [0.4, 0.5) is 8.78 Å². The fourth-order valence-corrected chi connectivity index (χ4v) is 0.619. The number of hydrogen-bond acceptors (Lipinski definition) is 2. The highest BCUT2D eigenvalue weighted by molar-refractivity contribution is 5.81. The van der Waals surface area contributed by atoms with Crippen molar-refractivity contribution < 1.29 is 18.3 Å². The molecule has 0 saturated carbocycles. The minimum absolute atomic E-state index is 0.0947. The average Bonchev–Trinajstić information content (AvgIpc) is 2.02. The number of Topliss-reactive ketones (excluding diaryl/α,β-unsaturated/α-hetero) is 1. The number of alkyl halides is 2. The maximum atomic E-state index is 11.5. The van der Waals surface area contributed by atoms with Gasteiger partial charge in [-0.2, -0.15) is 0 Å². The normalized spacial score (nSPS) is 13.4. The Balaban J connectivity index is 3.44. The standard InChI is InChI=1S/C8H14F2O2/c1-3-6(2)7(11)4-12-5-8(9)10/h6,8H,3-5H2,1-2H3. The van der Waals surface area contributed by atoms with Crippen LogP contribution in [0.1, 0.15) is 20.3 Å². The molecule has 0 aromatic rings. The van der Waals surface area contributed by atoms with Gasteiger partial charge in [-0.1, -0.05) is 13.8 Å². The zero-order valence-corrected chi connectivity index (χ0v) is 7.35. The number of carbonyl (C=O) groups excluding carboxylic acids is 1. The van der Waals surface area contributed by atoms with Crippen molar-refractivity contribution in [1.29, 1.82) is 0 Å². The topological polar surface area (TPSA) is 26.3 Å². The van der Waals surface area contributed by atoms with Gasteiger partial charge in [-0.25, -0.2) is 8.78 Å². The molecule has 0 fully saturated rings. The second-order valence-electron chi connectivity index (χ2n) is 2.68. The summed E-state index contributed by atoms with van der Waals surface area (Å²) in [4.78, 5) is 11.0. The van der Waals surface area contributed by atoms with E-state index in [0.717, 1.165) is 6.42 Å². The highest BCUT2D eigenvalue weighted by Gasteiger charge is 2.11. The quantitative estimate of drug-likeness (QED) is 0.623. The molecule has 1 atom stereocenters. The van der Waals surface area contributed by atoms with Crippen molar-refractivity contribution in [3.63, 3.8) is 0 Å². The van der Waals surface area contributed by atoms with Crippen LogP contribution in [0.2, 0.25) is 0 Å². The molecule has 4 heteroatoms. The summed E-state index contributed by atoms with van der Waals surface area (Å²) in [5, 5.41) is 0. The molecule has 0 aliphatic carbocycles. The van der Waals surface area contributed by atoms with Gasteiger partial charge in [0, 0.05) is 5.92 Å². The second-order valence-corrected chi connectivity index (χ2v) is 2.68. The number of rotatable bonds is 6. The van der Waals surface area contributed by atoms with Crippen LogP contribution in [-0.2, 0) is 9.53 Å². The van der Waals surface area contributed by atoms with E-state index in [1.165, 1.54) is 0 Å². The van der Waals surface area contributed by atoms with Crippen molar-refractivity contribution in [3.05, 3.63) is 0 Å². The molecule has 0 heterocycles. The van der Waals surface area contributed by atoms with Crippen molar-refractivity contribution >= 4 is 5.78 Å². The molecule has 0 radical (unpaired) electrons. The molecule has 0 spiro atoms. The zero-order valence-electron chi connectivity index (χ0n) is 7.35. The Labute approximate surface area is 70.9 Å². The summed E-state index contributed by atoms with van der Waals surface area (Å²) in [6, 6.07) is 0. The van der Waals surface area contributed by atoms with Crippen LogP contribution in [0.25, 0.3) is 0 Å². The van der Waals surface area contributed by atoms with Gasteiger partial charge in [0.25, 0.3) is 6.43 Å². The van der Waals surface area contributed by atoms with Crippen LogP contribution >= 0.6 is 0 Å². The Hall–Kier alpha value is -0.510. The molecule has 0 N–H and O–H groups in total. The van der Waals surface area contributed by atoms with Crippen molar-refractivity contribution in [1.82, 2.24) is 0 Å². The maximum absolute atomic E-state index is 11.5. The summed E-state index contributed by atoms with van der Waals surface area (Å²) >= 11 is 0. The SMILES string of the molecule is CCC(C)C(=O)COCC(F)F. The van der Waals surface area contributed by atoms with E-state index in [0.29, 0.717) is 0 Å². The molecule has 0 amide bonds. The predicted molar refractivity (Wildman–Crippen MR) is 41.3 cm³/mol. The summed E-state index contributed by atoms with van der Waals surface area (Å²) in [6.45, 7) is 2.78. The van der Waals surface area contributed by atoms with E-state index in [1.807, 2.05) is 6.92 Å². The number of hydrogen-bond donors (Lipinski definition) is 0. The molecule has 0 bridgehead atoms. The van der Waals surface area contributed by atoms with Gasteiger partial charge < -0.3 is 4.74 Å². The van der Waals surface area contributed by atoms with Crippen LogP contribution < -0.4 is 0 Å². The fourth-order valence-electron chi connectivity index (χ4n) is 0.619. The van der Waals surface area contributed by atoms with Crippen molar-refractivity contribution in [2.75, 3.05) is 13.2 Å². The molecule has 12 heavy (non-hydrogen) atoms. The van der Waals surface area contributed by atoms with Gasteiger partial charge in [-0.3, -0.25) is 4.79 Å². The molecule has 0 aliphatic rings. The van der Waals surface area contributed by atoms with E-state index in [2.05, 4.69) is 4.74 Å². The summed E-state index contributed by atoms with van der Waals surface area (Å²) in [5.41, 5.74) is 0. The van der Waals surface area contributed by atoms with Crippen LogP contribution in [0.3, 0.4) is 0 Å². The first-order valence-corrected chi connectivity index (χ1v) is 3.96. The molecule has 2 nitrogen and oxygen atoms in total. The van der Waals surface area contributed by atoms with Crippen LogP contribution in [-0.4, -0.2) is 25.4 Å². The second kappa shape index (κ2) is 6.06. The Morgan fingerprint density at radius 1 is 1.50 bits per heavy atom. The molecule has 0 aliphatic heterocycles. The van der Waals surface area contributed by atoms with Gasteiger partial charge >= 0.3 is 0 Å². The van der Waals surface area contributed by atoms with Gasteiger partial charge in [-0.05, 0) is 6.42 Å². The molecular weight excluding hydrogens is 166 g/mol. The van der Waals surface area contributed by atoms with E-state index in [4.69, 9.17) is 0 Å². The smallest absolute Gasteiger partial charge is 0.261 e. The Kier molecular flexibility index (Phi) is 5.80. The van der Waals surface area contributed by atoms with E-state index in [1.54, 1.807) is 6.92 Å². The summed E-state index contributed by atoms with van der Waals surface area (Å²) in [7, 11) is 0. The van der Waals surface area contributed by atoms with Crippen molar-refractivity contribution in [3.8, 4) is 0 Å². The highest BCUT2D eigenvalue weighted by Crippen LogP contribution is 2.02. The number of halogens is 2. The summed E-state index contributed by atoms with van der Waals surface area (Å²) in [6.07, 6.45) is -1.77. The Morgan fingerprint density at radius 3 is 2.50 bits per heavy atom. The highest BCUT2D eigenvalue weighted by atomic mass is 19.3. The molecule has 0 saturated heterocycles. The minimum atomic E-state index is -2.49. The first kappa shape index (κ1) is 11.5. The predicted octanol–water partition coefficient (Wildman–Crippen LogP) is 1.88. The lowest BCUT2D eigenvalue weighted by Gasteiger charge is -2.07. The third kappa shape index (κ3) is 5.18. The van der Waals surface area contributed by atoms with Crippen molar-refractivity contribution in [2.24, 2.45) is 5.92 Å². The van der Waals surface area contributed by atoms with Gasteiger partial charge in [0.05, 0.1) is 0 Å². The molecule has 1 unspecified atom stereocenters. The van der Waals surface area contributed by atoms with E-state index in [9.17, 15) is 13.6 Å². The Morgan fingerprint density at radius 2 is 2.08 bits per heavy atom. The summed E-state index contributed by atoms with van der Waals surface area (Å²) < 4.78 is 27.5. The van der Waals surface area contributed by atoms with Gasteiger partial charge in [0.15, 0.2) is 5.78 Å². The lowest BCUT2D eigenvalue weighted by molar-refractivity contribution is -0.128. The maximum Gasteiger partial charge on any atom is 0.261 e. The first-order valence-electron chi connectivity index (χ1n) is 3.96. The largest absolute Gasteiger partial charge is 0.368 e. The average molecular weight is 180 g/mol. The molecular formula is C8H14F2O2. The van der Waals surface area contributed by atoms with Crippen LogP contribution in [0.15, 0.2) is 0 Å². The molecule has 72 valence electrons. The third-order valence-corrected chi connectivity index (χ3v) is 1.65. The van der Waals surface area contributed by atoms with Gasteiger partial charge in [0.1, 0.15) is 13.2 Å². The van der Waals surface area contributed by atoms with E-state index < -0.39 is 13.0 Å². The van der Waals surface area contributed by atoms with Gasteiger partial charge in [0.2, 0.25) is 0 Å². The van der Waals surface area contributed by atoms with Crippen molar-refractivity contribution in [2.45, 2.75) is 26.7 Å². The minimum Gasteiger partial charge on any atom is -0.368 e. The Bertz CT molecular complexity index is 137. The number of ketones is 1. The zero-order chi connectivity index (χ0) is 9.56. The van der Waals surface area contributed by atoms with Gasteiger partial charge in [-0.15, -0.1) is 0 Å². The monoisotopic (exact) mass is 180 g/mol. The lowest BCUT2D eigenvalue weighted by Crippen LogP contribution is -2.18. The molecule has 0 aromatic carbocycles. The van der Waals surface area contributed by atoms with E-state index >= 15 is 0 Å². The van der Waals surface area contributed by atoms with E-state index in [-0.39, 0.29) is 18.3 Å². The summed E-state index contributed by atoms with van der Waals surface area (Å²) in [5.74, 6) is -0.208. The molecule has 0 aromatic heterocycles. The lowest BCUT2D eigenvalue weighted by atomic mass is 10.1. The third-order valence-electron chi connectivity index (χ3n) is 1.65. The van der Waals surface area contributed by atoms with Crippen LogP contribution in [0, 0.1) is 5.92 Å². The number of carbonyl (C=O) groups is 1. The van der Waals surface area contributed by atoms with Crippen LogP contribution in [0.5, 0.6) is 0 Å². The molecule has 0 rings (SSSR count). The first-order chi connectivity index (χ1) is 5.57. The fraction of sp³-hybridized carbons (Fsp3) is 0.875. The number of ether oxygens (including phenoxy) is 1.